The molecular formula is C4H5N2S. The van der Waals surface area contributed by atoms with E-state index in [1.807, 2.05) is 6.07 Å². The molecule has 1 aromatic rings. The van der Waals surface area contributed by atoms with Crippen LogP contribution in [-0.2, 0) is 6.54 Å². The van der Waals surface area contributed by atoms with Crippen LogP contribution in [0.2, 0.25) is 0 Å². The van der Waals surface area contributed by atoms with Crippen LogP contribution in [0, 0.1) is 0 Å². The van der Waals surface area contributed by atoms with Gasteiger partial charge >= 0.3 is 0 Å². The molecule has 1 aromatic heterocycles. The van der Waals surface area contributed by atoms with Gasteiger partial charge in [-0.05, 0) is 17.6 Å². The van der Waals surface area contributed by atoms with E-state index in [2.05, 4.69) is 4.37 Å². The normalized spacial score (nSPS) is 9.29. The highest BCUT2D eigenvalue weighted by Crippen LogP contribution is 2.01. The summed E-state index contributed by atoms with van der Waals surface area (Å²) in [5.74, 6) is 0. The van der Waals surface area contributed by atoms with E-state index in [0.29, 0.717) is 6.54 Å². The first-order valence-corrected chi connectivity index (χ1v) is 2.75. The smallest absolute Gasteiger partial charge is 0.0461 e. The molecule has 3 heteroatoms. The summed E-state index contributed by atoms with van der Waals surface area (Å²) >= 11 is 1.39. The Hall–Kier alpha value is -0.410. The lowest BCUT2D eigenvalue weighted by Crippen LogP contribution is -1.73. The summed E-state index contributed by atoms with van der Waals surface area (Å²) in [5, 5.41) is 0. The zero-order valence-electron chi connectivity index (χ0n) is 3.72. The highest BCUT2D eigenvalue weighted by molar-refractivity contribution is 7.05. The maximum absolute atomic E-state index is 6.83. The summed E-state index contributed by atoms with van der Waals surface area (Å²) in [4.78, 5) is 1.03. The molecule has 0 amide bonds. The van der Waals surface area contributed by atoms with Gasteiger partial charge in [0.25, 0.3) is 0 Å². The fourth-order valence-corrected chi connectivity index (χ4v) is 0.777. The van der Waals surface area contributed by atoms with Crippen molar-refractivity contribution in [1.29, 1.82) is 0 Å². The van der Waals surface area contributed by atoms with E-state index in [9.17, 15) is 0 Å². The molecule has 0 aliphatic carbocycles. The minimum atomic E-state index is 0.366. The Balaban J connectivity index is 2.76. The van der Waals surface area contributed by atoms with Gasteiger partial charge in [-0.15, -0.1) is 0 Å². The highest BCUT2D eigenvalue weighted by atomic mass is 32.1. The summed E-state index contributed by atoms with van der Waals surface area (Å²) < 4.78 is 3.81. The highest BCUT2D eigenvalue weighted by Gasteiger charge is 1.85. The molecule has 2 nitrogen and oxygen atoms in total. The molecule has 7 heavy (non-hydrogen) atoms. The van der Waals surface area contributed by atoms with E-state index < -0.39 is 0 Å². The van der Waals surface area contributed by atoms with E-state index in [-0.39, 0.29) is 0 Å². The molecule has 0 spiro atoms. The lowest BCUT2D eigenvalue weighted by molar-refractivity contribution is 1.06. The van der Waals surface area contributed by atoms with Gasteiger partial charge in [-0.2, -0.15) is 0 Å². The Labute approximate surface area is 46.1 Å². The lowest BCUT2D eigenvalue weighted by atomic mass is 10.5. The van der Waals surface area contributed by atoms with Crippen molar-refractivity contribution in [2.75, 3.05) is 0 Å². The summed E-state index contributed by atoms with van der Waals surface area (Å²) in [7, 11) is 0. The van der Waals surface area contributed by atoms with Crippen LogP contribution in [0.4, 0.5) is 0 Å². The lowest BCUT2D eigenvalue weighted by Gasteiger charge is -1.76. The van der Waals surface area contributed by atoms with Gasteiger partial charge < -0.3 is 0 Å². The van der Waals surface area contributed by atoms with E-state index in [1.165, 1.54) is 11.5 Å². The molecular weight excluding hydrogens is 108 g/mol. The van der Waals surface area contributed by atoms with E-state index in [0.717, 1.165) is 4.88 Å². The minimum absolute atomic E-state index is 0.366. The second kappa shape index (κ2) is 2.04. The van der Waals surface area contributed by atoms with Crippen molar-refractivity contribution in [3.05, 3.63) is 17.1 Å². The molecule has 0 unspecified atom stereocenters. The topological polar surface area (TPSA) is 36.7 Å². The molecule has 0 saturated heterocycles. The van der Waals surface area contributed by atoms with Gasteiger partial charge in [0.1, 0.15) is 0 Å². The molecule has 1 rings (SSSR count). The molecule has 0 bridgehead atoms. The fraction of sp³-hybridized carbons (Fsp3) is 0.250. The quantitative estimate of drug-likeness (QED) is 0.533. The largest absolute Gasteiger partial charge is 0.252 e. The Kier molecular flexibility index (Phi) is 1.38. The predicted octanol–water partition coefficient (Wildman–Crippen LogP) is 0.926. The van der Waals surface area contributed by atoms with Crippen molar-refractivity contribution in [3.8, 4) is 0 Å². The standard InChI is InChI=1S/C4H5N2S/c5-3-4-1-2-6-7-4/h1-2,5H,3H2. The van der Waals surface area contributed by atoms with Crippen LogP contribution in [-0.4, -0.2) is 4.37 Å². The first-order chi connectivity index (χ1) is 3.43. The van der Waals surface area contributed by atoms with Gasteiger partial charge in [0.05, 0.1) is 0 Å². The Morgan fingerprint density at radius 2 is 2.71 bits per heavy atom. The molecule has 0 aliphatic heterocycles. The molecule has 1 N–H and O–H groups in total. The molecule has 0 saturated carbocycles. The average Bonchev–Trinajstić information content (AvgIpc) is 2.14. The van der Waals surface area contributed by atoms with Crippen LogP contribution in [0.25, 0.3) is 0 Å². The monoisotopic (exact) mass is 113 g/mol. The van der Waals surface area contributed by atoms with Crippen LogP contribution < -0.4 is 5.73 Å². The van der Waals surface area contributed by atoms with Crippen LogP contribution in [0.5, 0.6) is 0 Å². The van der Waals surface area contributed by atoms with Crippen molar-refractivity contribution in [1.82, 2.24) is 10.1 Å². The minimum Gasteiger partial charge on any atom is -0.252 e. The molecule has 0 aromatic carbocycles. The van der Waals surface area contributed by atoms with E-state index >= 15 is 0 Å². The predicted molar refractivity (Wildman–Crippen MR) is 28.9 cm³/mol. The van der Waals surface area contributed by atoms with Gasteiger partial charge in [-0.3, -0.25) is 5.73 Å². The average molecular weight is 113 g/mol. The van der Waals surface area contributed by atoms with Crippen LogP contribution >= 0.6 is 11.5 Å². The van der Waals surface area contributed by atoms with Gasteiger partial charge in [-0.1, -0.05) is 0 Å². The third kappa shape index (κ3) is 0.976. The Bertz CT molecular complexity index is 124. The molecule has 1 heterocycles. The first kappa shape index (κ1) is 4.74. The van der Waals surface area contributed by atoms with Gasteiger partial charge in [-0.25, -0.2) is 4.37 Å². The van der Waals surface area contributed by atoms with Gasteiger partial charge in [0, 0.05) is 17.6 Å². The Morgan fingerprint density at radius 3 is 3.00 bits per heavy atom. The van der Waals surface area contributed by atoms with Crippen LogP contribution in [0.1, 0.15) is 4.88 Å². The molecule has 0 fully saturated rings. The van der Waals surface area contributed by atoms with Gasteiger partial charge in [0.15, 0.2) is 0 Å². The second-order valence-electron chi connectivity index (χ2n) is 1.16. The number of rotatable bonds is 1. The van der Waals surface area contributed by atoms with Crippen molar-refractivity contribution in [2.45, 2.75) is 6.54 Å². The maximum Gasteiger partial charge on any atom is 0.0461 e. The summed E-state index contributed by atoms with van der Waals surface area (Å²) in [5.41, 5.74) is 6.83. The molecule has 0 atom stereocenters. The summed E-state index contributed by atoms with van der Waals surface area (Å²) in [6.45, 7) is 0.366. The molecule has 37 valence electrons. The number of nitrogens with zero attached hydrogens (tertiary/aromatic N) is 1. The van der Waals surface area contributed by atoms with Crippen molar-refractivity contribution >= 4 is 11.5 Å². The zero-order chi connectivity index (χ0) is 5.11. The zero-order valence-corrected chi connectivity index (χ0v) is 4.53. The van der Waals surface area contributed by atoms with Gasteiger partial charge in [0.2, 0.25) is 0 Å². The fourth-order valence-electron chi connectivity index (χ4n) is 0.333. The molecule has 1 radical (unpaired) electrons. The van der Waals surface area contributed by atoms with Crippen molar-refractivity contribution < 1.29 is 0 Å². The van der Waals surface area contributed by atoms with Crippen molar-refractivity contribution in [2.24, 2.45) is 0 Å². The van der Waals surface area contributed by atoms with Crippen LogP contribution in [0.3, 0.4) is 0 Å². The third-order valence-corrected chi connectivity index (χ3v) is 1.41. The number of aromatic nitrogens is 1. The van der Waals surface area contributed by atoms with Crippen LogP contribution in [0.15, 0.2) is 12.3 Å². The maximum atomic E-state index is 6.83. The number of hydrogen-bond donors (Lipinski definition) is 0. The number of hydrogen-bond acceptors (Lipinski definition) is 2. The first-order valence-electron chi connectivity index (χ1n) is 1.97. The third-order valence-electron chi connectivity index (χ3n) is 0.665. The SMILES string of the molecule is [NH]Cc1ccns1. The van der Waals surface area contributed by atoms with Crippen molar-refractivity contribution in [3.63, 3.8) is 0 Å². The summed E-state index contributed by atoms with van der Waals surface area (Å²) in [6.07, 6.45) is 1.72. The summed E-state index contributed by atoms with van der Waals surface area (Å²) in [6, 6.07) is 1.86. The van der Waals surface area contributed by atoms with E-state index in [1.54, 1.807) is 6.20 Å². The number of nitrogens with one attached hydrogen (secondary N) is 1. The molecule has 0 aliphatic rings. The van der Waals surface area contributed by atoms with E-state index in [4.69, 9.17) is 5.73 Å². The second-order valence-corrected chi connectivity index (χ2v) is 2.07. The Morgan fingerprint density at radius 1 is 1.86 bits per heavy atom.